The smallest absolute Gasteiger partial charge is 0.257 e. The molecule has 0 unspecified atom stereocenters. The third kappa shape index (κ3) is 4.25. The molecular weight excluding hydrogens is 304 g/mol. The van der Waals surface area contributed by atoms with Crippen molar-refractivity contribution < 1.29 is 14.3 Å². The van der Waals surface area contributed by atoms with Gasteiger partial charge < -0.3 is 14.4 Å². The van der Waals surface area contributed by atoms with Crippen LogP contribution in [0.15, 0.2) is 42.6 Å². The molecule has 0 saturated carbocycles. The van der Waals surface area contributed by atoms with Crippen molar-refractivity contribution >= 4 is 5.91 Å². The summed E-state index contributed by atoms with van der Waals surface area (Å²) in [5.74, 6) is 0.983. The van der Waals surface area contributed by atoms with Gasteiger partial charge in [0.15, 0.2) is 11.5 Å². The summed E-state index contributed by atoms with van der Waals surface area (Å²) >= 11 is 0. The van der Waals surface area contributed by atoms with Crippen molar-refractivity contribution in [3.63, 3.8) is 0 Å². The van der Waals surface area contributed by atoms with Crippen LogP contribution in [0.1, 0.15) is 29.4 Å². The number of hydrogen-bond donors (Lipinski definition) is 0. The maximum atomic E-state index is 13.0. The molecule has 0 bridgehead atoms. The normalized spacial score (nSPS) is 10.3. The molecule has 2 aromatic rings. The number of carbonyl (C=O) groups excluding carboxylic acids is 1. The molecule has 24 heavy (non-hydrogen) atoms. The van der Waals surface area contributed by atoms with E-state index in [1.54, 1.807) is 38.6 Å². The number of pyridine rings is 1. The monoisotopic (exact) mass is 328 g/mol. The third-order valence-corrected chi connectivity index (χ3v) is 3.78. The number of nitrogens with zero attached hydrogens (tertiary/aromatic N) is 2. The number of benzene rings is 1. The number of aromatic nitrogens is 1. The summed E-state index contributed by atoms with van der Waals surface area (Å²) in [7, 11) is 3.11. The van der Waals surface area contributed by atoms with Gasteiger partial charge >= 0.3 is 0 Å². The van der Waals surface area contributed by atoms with E-state index in [2.05, 4.69) is 11.9 Å². The van der Waals surface area contributed by atoms with E-state index in [9.17, 15) is 4.79 Å². The Kier molecular flexibility index (Phi) is 6.61. The predicted octanol–water partition coefficient (Wildman–Crippen LogP) is 3.19. The molecule has 0 saturated heterocycles. The molecule has 1 heterocycles. The Morgan fingerprint density at radius 3 is 2.54 bits per heavy atom. The van der Waals surface area contributed by atoms with Crippen LogP contribution in [-0.4, -0.2) is 43.1 Å². The van der Waals surface area contributed by atoms with Gasteiger partial charge in [-0.25, -0.2) is 0 Å². The third-order valence-electron chi connectivity index (χ3n) is 3.78. The highest BCUT2D eigenvalue weighted by molar-refractivity contribution is 5.97. The van der Waals surface area contributed by atoms with Crippen molar-refractivity contribution in [2.24, 2.45) is 0 Å². The molecular formula is C19H24N2O3. The molecule has 2 rings (SSSR count). The minimum absolute atomic E-state index is 0.0523. The molecule has 5 nitrogen and oxygen atoms in total. The van der Waals surface area contributed by atoms with Gasteiger partial charge in [0, 0.05) is 31.4 Å². The Bertz CT molecular complexity index is 659. The lowest BCUT2D eigenvalue weighted by molar-refractivity contribution is 0.0753. The fraction of sp³-hybridized carbons (Fsp3) is 0.368. The second kappa shape index (κ2) is 8.91. The second-order valence-corrected chi connectivity index (χ2v) is 5.40. The van der Waals surface area contributed by atoms with Crippen LogP contribution in [-0.2, 0) is 6.42 Å². The molecule has 5 heteroatoms. The lowest BCUT2D eigenvalue weighted by atomic mass is 10.1. The lowest BCUT2D eigenvalue weighted by Gasteiger charge is -2.23. The highest BCUT2D eigenvalue weighted by atomic mass is 16.5. The van der Waals surface area contributed by atoms with E-state index < -0.39 is 0 Å². The van der Waals surface area contributed by atoms with Crippen molar-refractivity contribution in [2.45, 2.75) is 19.8 Å². The molecule has 128 valence electrons. The topological polar surface area (TPSA) is 51.7 Å². The Hall–Kier alpha value is -2.56. The summed E-state index contributed by atoms with van der Waals surface area (Å²) in [5, 5.41) is 0. The van der Waals surface area contributed by atoms with Gasteiger partial charge in [0.1, 0.15) is 0 Å². The van der Waals surface area contributed by atoms with E-state index >= 15 is 0 Å². The number of rotatable bonds is 8. The summed E-state index contributed by atoms with van der Waals surface area (Å²) in [6.07, 6.45) is 3.38. The molecule has 0 atom stereocenters. The van der Waals surface area contributed by atoms with Crippen LogP contribution < -0.4 is 9.47 Å². The first-order valence-electron chi connectivity index (χ1n) is 8.11. The Morgan fingerprint density at radius 2 is 1.92 bits per heavy atom. The van der Waals surface area contributed by atoms with E-state index in [0.717, 1.165) is 18.5 Å². The Morgan fingerprint density at radius 1 is 1.08 bits per heavy atom. The molecule has 0 aliphatic heterocycles. The molecule has 0 fully saturated rings. The molecule has 0 aliphatic carbocycles. The number of ether oxygens (including phenoxy) is 2. The molecule has 0 N–H and O–H groups in total. The van der Waals surface area contributed by atoms with Crippen LogP contribution >= 0.6 is 0 Å². The molecule has 1 aromatic heterocycles. The zero-order valence-corrected chi connectivity index (χ0v) is 14.5. The summed E-state index contributed by atoms with van der Waals surface area (Å²) in [6.45, 7) is 3.36. The van der Waals surface area contributed by atoms with Crippen LogP contribution in [0, 0.1) is 0 Å². The fourth-order valence-electron chi connectivity index (χ4n) is 2.61. The van der Waals surface area contributed by atoms with Crippen LogP contribution in [0.5, 0.6) is 11.5 Å². The summed E-state index contributed by atoms with van der Waals surface area (Å²) in [4.78, 5) is 19.1. The van der Waals surface area contributed by atoms with Gasteiger partial charge in [-0.1, -0.05) is 19.1 Å². The van der Waals surface area contributed by atoms with E-state index in [1.165, 1.54) is 0 Å². The van der Waals surface area contributed by atoms with Gasteiger partial charge in [0.05, 0.1) is 19.8 Å². The molecule has 0 radical (unpaired) electrons. The van der Waals surface area contributed by atoms with Crippen molar-refractivity contribution in [3.05, 3.63) is 53.9 Å². The highest BCUT2D eigenvalue weighted by Crippen LogP contribution is 2.31. The van der Waals surface area contributed by atoms with Crippen LogP contribution in [0.4, 0.5) is 0 Å². The zero-order chi connectivity index (χ0) is 17.4. The summed E-state index contributed by atoms with van der Waals surface area (Å²) < 4.78 is 10.7. The number of carbonyl (C=O) groups is 1. The van der Waals surface area contributed by atoms with Gasteiger partial charge in [0.2, 0.25) is 0 Å². The minimum atomic E-state index is -0.0523. The first-order chi connectivity index (χ1) is 11.7. The van der Waals surface area contributed by atoms with Gasteiger partial charge in [-0.05, 0) is 30.7 Å². The van der Waals surface area contributed by atoms with Crippen molar-refractivity contribution in [2.75, 3.05) is 27.3 Å². The first-order valence-corrected chi connectivity index (χ1v) is 8.11. The maximum absolute atomic E-state index is 13.0. The number of hydrogen-bond acceptors (Lipinski definition) is 4. The van der Waals surface area contributed by atoms with Gasteiger partial charge in [-0.2, -0.15) is 0 Å². The van der Waals surface area contributed by atoms with Gasteiger partial charge in [0.25, 0.3) is 5.91 Å². The van der Waals surface area contributed by atoms with Gasteiger partial charge in [-0.3, -0.25) is 9.78 Å². The zero-order valence-electron chi connectivity index (χ0n) is 14.5. The highest BCUT2D eigenvalue weighted by Gasteiger charge is 2.21. The predicted molar refractivity (Wildman–Crippen MR) is 93.7 cm³/mol. The van der Waals surface area contributed by atoms with Gasteiger partial charge in [-0.15, -0.1) is 0 Å². The fourth-order valence-corrected chi connectivity index (χ4v) is 2.61. The van der Waals surface area contributed by atoms with Crippen LogP contribution in [0.3, 0.4) is 0 Å². The molecule has 0 spiro atoms. The van der Waals surface area contributed by atoms with E-state index in [-0.39, 0.29) is 5.91 Å². The summed E-state index contributed by atoms with van der Waals surface area (Å²) in [6, 6.07) is 11.2. The first kappa shape index (κ1) is 17.8. The van der Waals surface area contributed by atoms with Crippen LogP contribution in [0.25, 0.3) is 0 Å². The van der Waals surface area contributed by atoms with E-state index in [0.29, 0.717) is 30.2 Å². The number of para-hydroxylation sites is 1. The van der Waals surface area contributed by atoms with Crippen molar-refractivity contribution in [1.29, 1.82) is 0 Å². The second-order valence-electron chi connectivity index (χ2n) is 5.40. The number of methoxy groups -OCH3 is 2. The minimum Gasteiger partial charge on any atom is -0.493 e. The average molecular weight is 328 g/mol. The van der Waals surface area contributed by atoms with E-state index in [4.69, 9.17) is 9.47 Å². The largest absolute Gasteiger partial charge is 0.493 e. The van der Waals surface area contributed by atoms with Crippen molar-refractivity contribution in [1.82, 2.24) is 9.88 Å². The summed E-state index contributed by atoms with van der Waals surface area (Å²) in [5.41, 5.74) is 1.50. The quantitative estimate of drug-likeness (QED) is 0.747. The SMILES string of the molecule is CCCN(CCc1ccccn1)C(=O)c1cccc(OC)c1OC. The average Bonchev–Trinajstić information content (AvgIpc) is 2.64. The van der Waals surface area contributed by atoms with E-state index in [1.807, 2.05) is 23.1 Å². The molecule has 0 aliphatic rings. The van der Waals surface area contributed by atoms with Crippen molar-refractivity contribution in [3.8, 4) is 11.5 Å². The molecule has 1 amide bonds. The standard InChI is InChI=1S/C19H24N2O3/c1-4-13-21(14-11-15-8-5-6-12-20-15)19(22)16-9-7-10-17(23-2)18(16)24-3/h5-10,12H,4,11,13-14H2,1-3H3. The maximum Gasteiger partial charge on any atom is 0.257 e. The Balaban J connectivity index is 2.19. The molecule has 1 aromatic carbocycles. The Labute approximate surface area is 143 Å². The lowest BCUT2D eigenvalue weighted by Crippen LogP contribution is -2.34. The van der Waals surface area contributed by atoms with Crippen LogP contribution in [0.2, 0.25) is 0 Å². The number of amides is 1.